The maximum Gasteiger partial charge on any atom is 0.225 e. The van der Waals surface area contributed by atoms with Crippen LogP contribution in [-0.4, -0.2) is 17.9 Å². The molecular formula is C11H11ClN2OS. The summed E-state index contributed by atoms with van der Waals surface area (Å²) >= 11 is 7.51. The zero-order valence-corrected chi connectivity index (χ0v) is 10.4. The molecule has 5 heteroatoms. The van der Waals surface area contributed by atoms with Gasteiger partial charge in [-0.25, -0.2) is 0 Å². The van der Waals surface area contributed by atoms with Gasteiger partial charge in [-0.2, -0.15) is 17.0 Å². The average molecular weight is 255 g/mol. The lowest BCUT2D eigenvalue weighted by Gasteiger charge is -2.06. The van der Waals surface area contributed by atoms with Gasteiger partial charge >= 0.3 is 0 Å². The largest absolute Gasteiger partial charge is 0.325 e. The van der Waals surface area contributed by atoms with E-state index in [1.165, 1.54) is 0 Å². The van der Waals surface area contributed by atoms with Crippen molar-refractivity contribution in [3.8, 4) is 6.07 Å². The Labute approximate surface area is 104 Å². The van der Waals surface area contributed by atoms with Gasteiger partial charge in [0.2, 0.25) is 5.91 Å². The zero-order valence-electron chi connectivity index (χ0n) is 8.79. The Hall–Kier alpha value is -1.18. The van der Waals surface area contributed by atoms with E-state index in [2.05, 4.69) is 5.32 Å². The van der Waals surface area contributed by atoms with Crippen LogP contribution in [0.15, 0.2) is 18.2 Å². The number of nitriles is 1. The van der Waals surface area contributed by atoms with Gasteiger partial charge in [-0.1, -0.05) is 11.6 Å². The number of nitrogens with one attached hydrogen (secondary N) is 1. The summed E-state index contributed by atoms with van der Waals surface area (Å²) in [6, 6.07) is 6.78. The molecule has 0 radical (unpaired) electrons. The lowest BCUT2D eigenvalue weighted by atomic mass is 10.2. The number of nitrogens with zero attached hydrogens (tertiary/aromatic N) is 1. The van der Waals surface area contributed by atoms with Crippen LogP contribution < -0.4 is 5.32 Å². The van der Waals surface area contributed by atoms with E-state index in [1.807, 2.05) is 12.3 Å². The van der Waals surface area contributed by atoms with Crippen LogP contribution in [0.25, 0.3) is 0 Å². The van der Waals surface area contributed by atoms with Crippen molar-refractivity contribution in [3.05, 3.63) is 28.8 Å². The number of hydrogen-bond acceptors (Lipinski definition) is 3. The first-order valence-corrected chi connectivity index (χ1v) is 6.43. The molecule has 1 amide bonds. The summed E-state index contributed by atoms with van der Waals surface area (Å²) in [5.41, 5.74) is 0.969. The highest BCUT2D eigenvalue weighted by molar-refractivity contribution is 7.98. The molecule has 0 spiro atoms. The molecule has 0 saturated carbocycles. The van der Waals surface area contributed by atoms with E-state index in [4.69, 9.17) is 16.9 Å². The third-order valence-electron chi connectivity index (χ3n) is 1.90. The molecule has 0 bridgehead atoms. The summed E-state index contributed by atoms with van der Waals surface area (Å²) in [5.74, 6) is 0.674. The van der Waals surface area contributed by atoms with E-state index in [0.29, 0.717) is 22.7 Å². The van der Waals surface area contributed by atoms with Gasteiger partial charge < -0.3 is 5.32 Å². The molecule has 84 valence electrons. The van der Waals surface area contributed by atoms with E-state index in [1.54, 1.807) is 30.0 Å². The normalized spacial score (nSPS) is 9.56. The predicted octanol–water partition coefficient (Wildman–Crippen LogP) is 2.90. The minimum absolute atomic E-state index is 0.0914. The minimum atomic E-state index is -0.0914. The van der Waals surface area contributed by atoms with E-state index in [9.17, 15) is 4.79 Å². The SMILES string of the molecule is CSCCC(=O)Nc1cc(C#N)ccc1Cl. The van der Waals surface area contributed by atoms with Crippen LogP contribution in [0.2, 0.25) is 5.02 Å². The van der Waals surface area contributed by atoms with Gasteiger partial charge in [-0.15, -0.1) is 0 Å². The van der Waals surface area contributed by atoms with Crippen molar-refractivity contribution >= 4 is 35.0 Å². The zero-order chi connectivity index (χ0) is 12.0. The molecule has 0 saturated heterocycles. The molecule has 1 aromatic carbocycles. The van der Waals surface area contributed by atoms with Gasteiger partial charge in [0.05, 0.1) is 22.3 Å². The first-order chi connectivity index (χ1) is 7.67. The number of rotatable bonds is 4. The number of thioether (sulfide) groups is 1. The van der Waals surface area contributed by atoms with Crippen LogP contribution in [0.4, 0.5) is 5.69 Å². The third kappa shape index (κ3) is 3.76. The van der Waals surface area contributed by atoms with Crippen molar-refractivity contribution in [2.24, 2.45) is 0 Å². The van der Waals surface area contributed by atoms with Crippen molar-refractivity contribution in [2.75, 3.05) is 17.3 Å². The van der Waals surface area contributed by atoms with Gasteiger partial charge in [0.15, 0.2) is 0 Å². The molecule has 16 heavy (non-hydrogen) atoms. The van der Waals surface area contributed by atoms with Gasteiger partial charge in [0.1, 0.15) is 0 Å². The standard InChI is InChI=1S/C11H11ClN2OS/c1-16-5-4-11(15)14-10-6-8(7-13)2-3-9(10)12/h2-3,6H,4-5H2,1H3,(H,14,15). The monoisotopic (exact) mass is 254 g/mol. The van der Waals surface area contributed by atoms with Crippen LogP contribution >= 0.6 is 23.4 Å². The second-order valence-corrected chi connectivity index (χ2v) is 4.49. The highest BCUT2D eigenvalue weighted by Gasteiger charge is 2.06. The van der Waals surface area contributed by atoms with Gasteiger partial charge in [-0.3, -0.25) is 4.79 Å². The lowest BCUT2D eigenvalue weighted by molar-refractivity contribution is -0.115. The number of carbonyl (C=O) groups is 1. The topological polar surface area (TPSA) is 52.9 Å². The number of halogens is 1. The van der Waals surface area contributed by atoms with Crippen LogP contribution in [0.1, 0.15) is 12.0 Å². The van der Waals surface area contributed by atoms with Crippen molar-refractivity contribution in [1.29, 1.82) is 5.26 Å². The summed E-state index contributed by atoms with van der Waals surface area (Å²) in [4.78, 5) is 11.5. The molecular weight excluding hydrogens is 244 g/mol. The molecule has 1 rings (SSSR count). The molecule has 0 aliphatic heterocycles. The second kappa shape index (κ2) is 6.41. The maximum absolute atomic E-state index is 11.5. The Kier molecular flexibility index (Phi) is 5.17. The fourth-order valence-electron chi connectivity index (χ4n) is 1.10. The summed E-state index contributed by atoms with van der Waals surface area (Å²) < 4.78 is 0. The van der Waals surface area contributed by atoms with Gasteiger partial charge in [0.25, 0.3) is 0 Å². The number of amides is 1. The van der Waals surface area contributed by atoms with Crippen LogP contribution in [0, 0.1) is 11.3 Å². The summed E-state index contributed by atoms with van der Waals surface area (Å²) in [5, 5.41) is 11.8. The fraction of sp³-hybridized carbons (Fsp3) is 0.273. The molecule has 0 aliphatic rings. The quantitative estimate of drug-likeness (QED) is 0.899. The smallest absolute Gasteiger partial charge is 0.225 e. The Bertz CT molecular complexity index is 428. The minimum Gasteiger partial charge on any atom is -0.325 e. The molecule has 3 nitrogen and oxygen atoms in total. The number of anilines is 1. The molecule has 0 heterocycles. The fourth-order valence-corrected chi connectivity index (χ4v) is 1.65. The van der Waals surface area contributed by atoms with E-state index < -0.39 is 0 Å². The third-order valence-corrected chi connectivity index (χ3v) is 2.84. The number of carbonyl (C=O) groups excluding carboxylic acids is 1. The highest BCUT2D eigenvalue weighted by Crippen LogP contribution is 2.22. The molecule has 0 atom stereocenters. The number of benzene rings is 1. The molecule has 0 unspecified atom stereocenters. The van der Waals surface area contributed by atoms with Gasteiger partial charge in [0, 0.05) is 12.2 Å². The van der Waals surface area contributed by atoms with Crippen molar-refractivity contribution < 1.29 is 4.79 Å². The first kappa shape index (κ1) is 12.9. The molecule has 0 fully saturated rings. The average Bonchev–Trinajstić information content (AvgIpc) is 2.29. The molecule has 0 aliphatic carbocycles. The van der Waals surface area contributed by atoms with Crippen molar-refractivity contribution in [1.82, 2.24) is 0 Å². The van der Waals surface area contributed by atoms with Crippen molar-refractivity contribution in [2.45, 2.75) is 6.42 Å². The van der Waals surface area contributed by atoms with E-state index in [-0.39, 0.29) is 5.91 Å². The van der Waals surface area contributed by atoms with E-state index in [0.717, 1.165) is 5.75 Å². The Morgan fingerprint density at radius 2 is 2.38 bits per heavy atom. The molecule has 1 aromatic rings. The summed E-state index contributed by atoms with van der Waals surface area (Å²) in [6.07, 6.45) is 2.38. The second-order valence-electron chi connectivity index (χ2n) is 3.10. The molecule has 1 N–H and O–H groups in total. The lowest BCUT2D eigenvalue weighted by Crippen LogP contribution is -2.12. The highest BCUT2D eigenvalue weighted by atomic mass is 35.5. The van der Waals surface area contributed by atoms with Crippen molar-refractivity contribution in [3.63, 3.8) is 0 Å². The van der Waals surface area contributed by atoms with E-state index >= 15 is 0 Å². The predicted molar refractivity (Wildman–Crippen MR) is 67.8 cm³/mol. The Morgan fingerprint density at radius 3 is 3.00 bits per heavy atom. The summed E-state index contributed by atoms with van der Waals surface area (Å²) in [6.45, 7) is 0. The summed E-state index contributed by atoms with van der Waals surface area (Å²) in [7, 11) is 0. The van der Waals surface area contributed by atoms with Crippen LogP contribution in [0.3, 0.4) is 0 Å². The molecule has 0 aromatic heterocycles. The van der Waals surface area contributed by atoms with Gasteiger partial charge in [-0.05, 0) is 24.5 Å². The van der Waals surface area contributed by atoms with Crippen LogP contribution in [0.5, 0.6) is 0 Å². The first-order valence-electron chi connectivity index (χ1n) is 4.66. The van der Waals surface area contributed by atoms with Crippen LogP contribution in [-0.2, 0) is 4.79 Å². The maximum atomic E-state index is 11.5. The Balaban J connectivity index is 2.73. The number of hydrogen-bond donors (Lipinski definition) is 1. The Morgan fingerprint density at radius 1 is 1.62 bits per heavy atom.